The molecule has 0 aliphatic rings. The van der Waals surface area contributed by atoms with Crippen LogP contribution in [0.4, 0.5) is 0 Å². The Bertz CT molecular complexity index is 359. The Balaban J connectivity index is 0.000000845. The predicted octanol–water partition coefficient (Wildman–Crippen LogP) is 2.93. The molecular weight excluding hydrogens is 148 g/mol. The second-order valence-corrected chi connectivity index (χ2v) is 3.29. The highest BCUT2D eigenvalue weighted by molar-refractivity contribution is 5.74. The van der Waals surface area contributed by atoms with Crippen LogP contribution in [0.2, 0.25) is 0 Å². The molecule has 1 heterocycles. The lowest BCUT2D eigenvalue weighted by atomic mass is 10.2. The minimum absolute atomic E-state index is 0. The van der Waals surface area contributed by atoms with E-state index >= 15 is 0 Å². The van der Waals surface area contributed by atoms with E-state index in [2.05, 4.69) is 23.8 Å². The second kappa shape index (κ2) is 2.63. The van der Waals surface area contributed by atoms with Crippen LogP contribution in [0.25, 0.3) is 11.0 Å². The summed E-state index contributed by atoms with van der Waals surface area (Å²) in [7, 11) is 0. The number of rotatable bonds is 1. The third kappa shape index (κ3) is 1.09. The highest BCUT2D eigenvalue weighted by Crippen LogP contribution is 2.15. The molecule has 2 aromatic rings. The molecule has 1 N–H and O–H groups in total. The number of aromatic nitrogens is 2. The van der Waals surface area contributed by atoms with Gasteiger partial charge in [0.25, 0.3) is 0 Å². The van der Waals surface area contributed by atoms with E-state index in [9.17, 15) is 0 Å². The first kappa shape index (κ1) is 7.35. The van der Waals surface area contributed by atoms with Gasteiger partial charge < -0.3 is 4.98 Å². The van der Waals surface area contributed by atoms with Gasteiger partial charge in [0.2, 0.25) is 0 Å². The van der Waals surface area contributed by atoms with Crippen LogP contribution in [0.5, 0.6) is 0 Å². The van der Waals surface area contributed by atoms with Gasteiger partial charge in [-0.25, -0.2) is 4.98 Å². The van der Waals surface area contributed by atoms with Crippen molar-refractivity contribution in [2.45, 2.75) is 19.8 Å². The van der Waals surface area contributed by atoms with Gasteiger partial charge in [0.05, 0.1) is 11.0 Å². The second-order valence-electron chi connectivity index (χ2n) is 3.29. The molecule has 64 valence electrons. The van der Waals surface area contributed by atoms with Gasteiger partial charge in [-0.05, 0) is 12.1 Å². The summed E-state index contributed by atoms with van der Waals surface area (Å²) >= 11 is 0. The molecule has 0 saturated carbocycles. The number of H-pyrrole nitrogens is 1. The van der Waals surface area contributed by atoms with Gasteiger partial charge in [-0.2, -0.15) is 0 Å². The molecule has 1 aromatic heterocycles. The molecule has 2 heteroatoms. The summed E-state index contributed by atoms with van der Waals surface area (Å²) in [6.07, 6.45) is 0. The van der Waals surface area contributed by atoms with E-state index in [0.717, 1.165) is 16.9 Å². The molecule has 0 spiro atoms. The molecule has 0 aliphatic heterocycles. The molecule has 0 saturated heterocycles. The molecule has 0 fully saturated rings. The minimum atomic E-state index is 0. The Morgan fingerprint density at radius 1 is 1.33 bits per heavy atom. The molecule has 12 heavy (non-hydrogen) atoms. The number of nitrogens with zero attached hydrogens (tertiary/aromatic N) is 1. The zero-order chi connectivity index (χ0) is 8.55. The lowest BCUT2D eigenvalue weighted by Gasteiger charge is -1.95. The van der Waals surface area contributed by atoms with E-state index in [1.807, 2.05) is 24.3 Å². The van der Waals surface area contributed by atoms with Crippen LogP contribution in [0.15, 0.2) is 24.3 Å². The Kier molecular flexibility index (Phi) is 1.61. The van der Waals surface area contributed by atoms with Crippen molar-refractivity contribution in [3.8, 4) is 0 Å². The normalized spacial score (nSPS) is 11.2. The number of aromatic amines is 1. The smallest absolute Gasteiger partial charge is 0.109 e. The molecule has 0 unspecified atom stereocenters. The maximum atomic E-state index is 4.46. The van der Waals surface area contributed by atoms with E-state index < -0.39 is 0 Å². The Morgan fingerprint density at radius 2 is 2.08 bits per heavy atom. The van der Waals surface area contributed by atoms with Crippen molar-refractivity contribution in [1.82, 2.24) is 9.97 Å². The van der Waals surface area contributed by atoms with Crippen molar-refractivity contribution >= 4 is 11.0 Å². The van der Waals surface area contributed by atoms with Gasteiger partial charge in [-0.3, -0.25) is 0 Å². The molecule has 0 aliphatic carbocycles. The van der Waals surface area contributed by atoms with Crippen LogP contribution in [0.1, 0.15) is 27.0 Å². The largest absolute Gasteiger partial charge is 0.342 e. The monoisotopic (exact) mass is 162 g/mol. The Hall–Kier alpha value is -1.31. The standard InChI is InChI=1S/C10H12N2.H2/c1-7(2)10-11-8-5-3-4-6-9(8)12-10;/h3-7H,1-2H3,(H,11,12);1H. The van der Waals surface area contributed by atoms with Crippen LogP contribution in [0, 0.1) is 0 Å². The fourth-order valence-electron chi connectivity index (χ4n) is 1.25. The summed E-state index contributed by atoms with van der Waals surface area (Å²) in [4.78, 5) is 7.74. The minimum Gasteiger partial charge on any atom is -0.342 e. The van der Waals surface area contributed by atoms with Gasteiger partial charge in [0.15, 0.2) is 0 Å². The van der Waals surface area contributed by atoms with Gasteiger partial charge in [-0.1, -0.05) is 26.0 Å². The molecule has 0 bridgehead atoms. The molecule has 0 radical (unpaired) electrons. The topological polar surface area (TPSA) is 28.7 Å². The van der Waals surface area contributed by atoms with Crippen LogP contribution >= 0.6 is 0 Å². The summed E-state index contributed by atoms with van der Waals surface area (Å²) in [5, 5.41) is 0. The van der Waals surface area contributed by atoms with Crippen LogP contribution < -0.4 is 0 Å². The van der Waals surface area contributed by atoms with Crippen molar-refractivity contribution in [2.24, 2.45) is 0 Å². The summed E-state index contributed by atoms with van der Waals surface area (Å²) in [5.41, 5.74) is 2.18. The number of hydrogen-bond acceptors (Lipinski definition) is 1. The van der Waals surface area contributed by atoms with E-state index in [0.29, 0.717) is 5.92 Å². The number of hydrogen-bond donors (Lipinski definition) is 1. The average Bonchev–Trinajstić information content (AvgIpc) is 2.46. The number of imidazole rings is 1. The van der Waals surface area contributed by atoms with E-state index in [-0.39, 0.29) is 1.43 Å². The lowest BCUT2D eigenvalue weighted by molar-refractivity contribution is 0.799. The molecular formula is C10H14N2. The summed E-state index contributed by atoms with van der Waals surface area (Å²) < 4.78 is 0. The highest BCUT2D eigenvalue weighted by atomic mass is 14.9. The van der Waals surface area contributed by atoms with Gasteiger partial charge in [0, 0.05) is 7.34 Å². The first-order chi connectivity index (χ1) is 5.77. The maximum Gasteiger partial charge on any atom is 0.109 e. The van der Waals surface area contributed by atoms with Gasteiger partial charge in [0.1, 0.15) is 5.82 Å². The summed E-state index contributed by atoms with van der Waals surface area (Å²) in [5.74, 6) is 1.54. The van der Waals surface area contributed by atoms with E-state index in [4.69, 9.17) is 0 Å². The first-order valence-electron chi connectivity index (χ1n) is 4.22. The number of para-hydroxylation sites is 2. The Morgan fingerprint density at radius 3 is 2.75 bits per heavy atom. The molecule has 2 nitrogen and oxygen atoms in total. The summed E-state index contributed by atoms with van der Waals surface area (Å²) in [6.45, 7) is 4.27. The van der Waals surface area contributed by atoms with E-state index in [1.165, 1.54) is 0 Å². The predicted molar refractivity (Wildman–Crippen MR) is 52.3 cm³/mol. The van der Waals surface area contributed by atoms with Crippen molar-refractivity contribution < 1.29 is 1.43 Å². The van der Waals surface area contributed by atoms with E-state index in [1.54, 1.807) is 0 Å². The number of fused-ring (bicyclic) bond motifs is 1. The average molecular weight is 162 g/mol. The van der Waals surface area contributed by atoms with Crippen molar-refractivity contribution in [3.63, 3.8) is 0 Å². The zero-order valence-electron chi connectivity index (χ0n) is 7.33. The third-order valence-corrected chi connectivity index (χ3v) is 1.95. The molecule has 1 aromatic carbocycles. The van der Waals surface area contributed by atoms with Crippen LogP contribution in [-0.2, 0) is 0 Å². The number of benzene rings is 1. The fraction of sp³-hybridized carbons (Fsp3) is 0.300. The fourth-order valence-corrected chi connectivity index (χ4v) is 1.25. The zero-order valence-corrected chi connectivity index (χ0v) is 7.33. The van der Waals surface area contributed by atoms with Crippen LogP contribution in [-0.4, -0.2) is 9.97 Å². The highest BCUT2D eigenvalue weighted by Gasteiger charge is 2.04. The Labute approximate surface area is 73.1 Å². The van der Waals surface area contributed by atoms with Crippen molar-refractivity contribution in [1.29, 1.82) is 0 Å². The van der Waals surface area contributed by atoms with Crippen LogP contribution in [0.3, 0.4) is 0 Å². The van der Waals surface area contributed by atoms with Gasteiger partial charge in [-0.15, -0.1) is 0 Å². The SMILES string of the molecule is CC(C)c1nc2ccccc2[nH]1.[HH]. The number of nitrogens with one attached hydrogen (secondary N) is 1. The maximum absolute atomic E-state index is 4.46. The van der Waals surface area contributed by atoms with Gasteiger partial charge >= 0.3 is 0 Å². The molecule has 0 amide bonds. The summed E-state index contributed by atoms with van der Waals surface area (Å²) in [6, 6.07) is 8.10. The van der Waals surface area contributed by atoms with Crippen molar-refractivity contribution in [2.75, 3.05) is 0 Å². The molecule has 0 atom stereocenters. The first-order valence-corrected chi connectivity index (χ1v) is 4.22. The quantitative estimate of drug-likeness (QED) is 0.686. The van der Waals surface area contributed by atoms with Crippen molar-refractivity contribution in [3.05, 3.63) is 30.1 Å². The lowest BCUT2D eigenvalue weighted by Crippen LogP contribution is -1.88. The third-order valence-electron chi connectivity index (χ3n) is 1.95. The molecule has 2 rings (SSSR count).